The minimum atomic E-state index is -0.451. The van der Waals surface area contributed by atoms with E-state index in [2.05, 4.69) is 0 Å². The highest BCUT2D eigenvalue weighted by Crippen LogP contribution is 2.32. The average Bonchev–Trinajstić information content (AvgIpc) is 3.20. The summed E-state index contributed by atoms with van der Waals surface area (Å²) >= 11 is 0. The number of hydrogen-bond donors (Lipinski definition) is 1. The lowest BCUT2D eigenvalue weighted by molar-refractivity contribution is -0.151. The summed E-state index contributed by atoms with van der Waals surface area (Å²) in [5.74, 6) is 1.18. The van der Waals surface area contributed by atoms with Crippen molar-refractivity contribution in [2.45, 2.75) is 51.4 Å². The van der Waals surface area contributed by atoms with Crippen LogP contribution < -0.4 is 5.73 Å². The molecule has 0 aromatic rings. The molecule has 25 heavy (non-hydrogen) atoms. The highest BCUT2D eigenvalue weighted by Gasteiger charge is 2.42. The second kappa shape index (κ2) is 8.49. The molecule has 2 heterocycles. The van der Waals surface area contributed by atoms with Crippen LogP contribution in [0.15, 0.2) is 0 Å². The molecule has 2 saturated heterocycles. The van der Waals surface area contributed by atoms with Crippen LogP contribution in [0.25, 0.3) is 0 Å². The molecule has 0 unspecified atom stereocenters. The zero-order valence-electron chi connectivity index (χ0n) is 15.4. The van der Waals surface area contributed by atoms with Crippen LogP contribution in [0.3, 0.4) is 0 Å². The van der Waals surface area contributed by atoms with E-state index in [0.29, 0.717) is 65.2 Å². The van der Waals surface area contributed by atoms with Crippen molar-refractivity contribution in [3.63, 3.8) is 0 Å². The van der Waals surface area contributed by atoms with Gasteiger partial charge in [0, 0.05) is 52.4 Å². The molecule has 1 saturated carbocycles. The standard InChI is InChI=1S/C19H33N3O3/c20-15-19(7-13-25-14-8-19)18(24)22-11-9-21(10-12-22)17(23)6-5-16-3-1-2-4-16/h16H,1-15,20H2. The summed E-state index contributed by atoms with van der Waals surface area (Å²) in [5, 5.41) is 0. The Kier molecular flexibility index (Phi) is 6.34. The molecule has 0 bridgehead atoms. The van der Waals surface area contributed by atoms with E-state index in [-0.39, 0.29) is 11.8 Å². The topological polar surface area (TPSA) is 75.9 Å². The Morgan fingerprint density at radius 3 is 2.20 bits per heavy atom. The van der Waals surface area contributed by atoms with E-state index in [0.717, 1.165) is 12.3 Å². The van der Waals surface area contributed by atoms with E-state index in [4.69, 9.17) is 10.5 Å². The first kappa shape index (κ1) is 18.6. The van der Waals surface area contributed by atoms with Gasteiger partial charge in [-0.1, -0.05) is 25.7 Å². The van der Waals surface area contributed by atoms with Gasteiger partial charge in [-0.25, -0.2) is 0 Å². The zero-order chi connectivity index (χ0) is 17.7. The first-order valence-electron chi connectivity index (χ1n) is 9.99. The molecule has 2 amide bonds. The van der Waals surface area contributed by atoms with Crippen molar-refractivity contribution in [1.82, 2.24) is 9.80 Å². The number of ether oxygens (including phenoxy) is 1. The quantitative estimate of drug-likeness (QED) is 0.812. The Morgan fingerprint density at radius 2 is 1.60 bits per heavy atom. The molecule has 0 aromatic heterocycles. The molecule has 3 aliphatic rings. The molecule has 0 spiro atoms. The lowest BCUT2D eigenvalue weighted by Gasteiger charge is -2.42. The molecule has 1 aliphatic carbocycles. The van der Waals surface area contributed by atoms with Crippen LogP contribution >= 0.6 is 0 Å². The van der Waals surface area contributed by atoms with Gasteiger partial charge >= 0.3 is 0 Å². The summed E-state index contributed by atoms with van der Waals surface area (Å²) in [6, 6.07) is 0. The molecule has 2 N–H and O–H groups in total. The molecule has 2 aliphatic heterocycles. The van der Waals surface area contributed by atoms with E-state index in [1.54, 1.807) is 0 Å². The highest BCUT2D eigenvalue weighted by molar-refractivity contribution is 5.83. The molecule has 0 radical (unpaired) electrons. The highest BCUT2D eigenvalue weighted by atomic mass is 16.5. The van der Waals surface area contributed by atoms with Gasteiger partial charge in [0.15, 0.2) is 0 Å². The fourth-order valence-corrected chi connectivity index (χ4v) is 4.55. The van der Waals surface area contributed by atoms with E-state index in [9.17, 15) is 9.59 Å². The third kappa shape index (κ3) is 4.34. The fraction of sp³-hybridized carbons (Fsp3) is 0.895. The van der Waals surface area contributed by atoms with Gasteiger partial charge in [0.05, 0.1) is 5.41 Å². The molecule has 3 rings (SSSR count). The molecule has 0 atom stereocenters. The number of rotatable bonds is 5. The van der Waals surface area contributed by atoms with Crippen molar-refractivity contribution < 1.29 is 14.3 Å². The molecule has 6 nitrogen and oxygen atoms in total. The van der Waals surface area contributed by atoms with Crippen molar-refractivity contribution >= 4 is 11.8 Å². The van der Waals surface area contributed by atoms with Crippen LogP contribution in [0.1, 0.15) is 51.4 Å². The van der Waals surface area contributed by atoms with E-state index in [1.165, 1.54) is 25.7 Å². The Hall–Kier alpha value is -1.14. The second-order valence-electron chi connectivity index (χ2n) is 7.96. The van der Waals surface area contributed by atoms with E-state index in [1.807, 2.05) is 9.80 Å². The van der Waals surface area contributed by atoms with Gasteiger partial charge in [-0.15, -0.1) is 0 Å². The van der Waals surface area contributed by atoms with Gasteiger partial charge < -0.3 is 20.3 Å². The van der Waals surface area contributed by atoms with Crippen molar-refractivity contribution in [3.8, 4) is 0 Å². The SMILES string of the molecule is NCC1(C(=O)N2CCN(C(=O)CCC3CCCC3)CC2)CCOCC1. The first-order valence-corrected chi connectivity index (χ1v) is 9.99. The second-order valence-corrected chi connectivity index (χ2v) is 7.96. The maximum absolute atomic E-state index is 13.0. The first-order chi connectivity index (χ1) is 12.1. The van der Waals surface area contributed by atoms with Crippen LogP contribution in [0, 0.1) is 11.3 Å². The number of piperazine rings is 1. The van der Waals surface area contributed by atoms with Gasteiger partial charge in [0.1, 0.15) is 0 Å². The number of hydrogen-bond acceptors (Lipinski definition) is 4. The normalized spacial score (nSPS) is 24.5. The van der Waals surface area contributed by atoms with Gasteiger partial charge in [-0.3, -0.25) is 9.59 Å². The number of carbonyl (C=O) groups is 2. The predicted octanol–water partition coefficient (Wildman–Crippen LogP) is 1.38. The monoisotopic (exact) mass is 351 g/mol. The Bertz CT molecular complexity index is 463. The maximum atomic E-state index is 13.0. The maximum Gasteiger partial charge on any atom is 0.230 e. The number of nitrogens with two attached hydrogens (primary N) is 1. The van der Waals surface area contributed by atoms with E-state index < -0.39 is 5.41 Å². The van der Waals surface area contributed by atoms with Crippen LogP contribution in [0.4, 0.5) is 0 Å². The summed E-state index contributed by atoms with van der Waals surface area (Å²) in [6.07, 6.45) is 8.37. The third-order valence-corrected chi connectivity index (χ3v) is 6.46. The van der Waals surface area contributed by atoms with Gasteiger partial charge in [-0.2, -0.15) is 0 Å². The third-order valence-electron chi connectivity index (χ3n) is 6.46. The molecule has 142 valence electrons. The minimum Gasteiger partial charge on any atom is -0.381 e. The van der Waals surface area contributed by atoms with E-state index >= 15 is 0 Å². The fourth-order valence-electron chi connectivity index (χ4n) is 4.55. The van der Waals surface area contributed by atoms with Gasteiger partial charge in [-0.05, 0) is 25.2 Å². The van der Waals surface area contributed by atoms with Crippen LogP contribution in [-0.2, 0) is 14.3 Å². The molecule has 6 heteroatoms. The van der Waals surface area contributed by atoms with Crippen LogP contribution in [0.2, 0.25) is 0 Å². The van der Waals surface area contributed by atoms with Crippen molar-refractivity contribution in [3.05, 3.63) is 0 Å². The summed E-state index contributed by atoms with van der Waals surface area (Å²) in [4.78, 5) is 29.3. The van der Waals surface area contributed by atoms with Crippen molar-refractivity contribution in [2.24, 2.45) is 17.1 Å². The summed E-state index contributed by atoms with van der Waals surface area (Å²) in [5.41, 5.74) is 5.50. The Labute approximate surface area is 151 Å². The molecular weight excluding hydrogens is 318 g/mol. The minimum absolute atomic E-state index is 0.163. The van der Waals surface area contributed by atoms with Crippen molar-refractivity contribution in [2.75, 3.05) is 45.9 Å². The Balaban J connectivity index is 1.45. The number of amides is 2. The van der Waals surface area contributed by atoms with Gasteiger partial charge in [0.25, 0.3) is 0 Å². The summed E-state index contributed by atoms with van der Waals surface area (Å²) in [6.45, 7) is 4.20. The zero-order valence-corrected chi connectivity index (χ0v) is 15.4. The lowest BCUT2D eigenvalue weighted by Crippen LogP contribution is -2.57. The number of carbonyl (C=O) groups excluding carboxylic acids is 2. The molecular formula is C19H33N3O3. The largest absolute Gasteiger partial charge is 0.381 e. The lowest BCUT2D eigenvalue weighted by atomic mass is 9.78. The van der Waals surface area contributed by atoms with Crippen LogP contribution in [0.5, 0.6) is 0 Å². The summed E-state index contributed by atoms with van der Waals surface area (Å²) in [7, 11) is 0. The smallest absolute Gasteiger partial charge is 0.230 e. The number of nitrogens with zero attached hydrogens (tertiary/aromatic N) is 2. The molecule has 0 aromatic carbocycles. The Morgan fingerprint density at radius 1 is 1.00 bits per heavy atom. The predicted molar refractivity (Wildman–Crippen MR) is 95.9 cm³/mol. The van der Waals surface area contributed by atoms with Gasteiger partial charge in [0.2, 0.25) is 11.8 Å². The average molecular weight is 351 g/mol. The van der Waals surface area contributed by atoms with Crippen molar-refractivity contribution in [1.29, 1.82) is 0 Å². The molecule has 3 fully saturated rings. The summed E-state index contributed by atoms with van der Waals surface area (Å²) < 4.78 is 5.40. The van der Waals surface area contributed by atoms with Crippen LogP contribution in [-0.4, -0.2) is 67.6 Å².